The summed E-state index contributed by atoms with van der Waals surface area (Å²) in [6.45, 7) is 6.93. The molecule has 1 fully saturated rings. The van der Waals surface area contributed by atoms with Crippen molar-refractivity contribution in [1.82, 2.24) is 13.8 Å². The normalized spacial score (nSPS) is 15.0. The van der Waals surface area contributed by atoms with Crippen LogP contribution in [0.4, 0.5) is 5.69 Å². The van der Waals surface area contributed by atoms with Crippen LogP contribution in [-0.4, -0.2) is 74.5 Å². The molecule has 0 atom stereocenters. The number of methoxy groups -OCH3 is 1. The van der Waals surface area contributed by atoms with Crippen LogP contribution in [0.15, 0.2) is 41.4 Å². The summed E-state index contributed by atoms with van der Waals surface area (Å²) < 4.78 is 33.9. The molecular formula is C21H30N4O4S. The van der Waals surface area contributed by atoms with E-state index in [9.17, 15) is 13.2 Å². The highest BCUT2D eigenvalue weighted by molar-refractivity contribution is 7.89. The molecule has 1 aliphatic rings. The zero-order valence-electron chi connectivity index (χ0n) is 18.0. The first-order valence-corrected chi connectivity index (χ1v) is 11.6. The minimum Gasteiger partial charge on any atom is -0.497 e. The van der Waals surface area contributed by atoms with E-state index in [4.69, 9.17) is 4.74 Å². The lowest BCUT2D eigenvalue weighted by Crippen LogP contribution is -2.49. The number of amides is 1. The maximum atomic E-state index is 13.1. The van der Waals surface area contributed by atoms with Crippen LogP contribution in [0, 0.1) is 0 Å². The average Bonchev–Trinajstić information content (AvgIpc) is 3.16. The molecule has 164 valence electrons. The van der Waals surface area contributed by atoms with Crippen molar-refractivity contribution in [2.75, 3.05) is 51.3 Å². The van der Waals surface area contributed by atoms with E-state index in [1.54, 1.807) is 37.5 Å². The first kappa shape index (κ1) is 22.2. The van der Waals surface area contributed by atoms with Gasteiger partial charge in [-0.25, -0.2) is 8.42 Å². The van der Waals surface area contributed by atoms with E-state index in [-0.39, 0.29) is 10.8 Å². The SMILES string of the molecule is CCN(CC)S(=O)(=O)c1cc(C(=O)N2CCN(c3cccc(OC)c3)CC2)n(C)c1. The first-order chi connectivity index (χ1) is 14.3. The summed E-state index contributed by atoms with van der Waals surface area (Å²) in [7, 11) is -0.244. The average molecular weight is 435 g/mol. The van der Waals surface area contributed by atoms with Crippen LogP contribution < -0.4 is 9.64 Å². The Labute approximate surface area is 178 Å². The zero-order valence-corrected chi connectivity index (χ0v) is 18.9. The van der Waals surface area contributed by atoms with E-state index in [0.29, 0.717) is 45.0 Å². The fourth-order valence-electron chi connectivity index (χ4n) is 3.74. The standard InChI is InChI=1S/C21H30N4O4S/c1-5-25(6-2)30(27,28)19-15-20(22(3)16-19)21(26)24-12-10-23(11-13-24)17-8-7-9-18(14-17)29-4/h7-9,14-16H,5-6,10-13H2,1-4H3. The van der Waals surface area contributed by atoms with Crippen molar-refractivity contribution < 1.29 is 17.9 Å². The highest BCUT2D eigenvalue weighted by Crippen LogP contribution is 2.23. The number of rotatable bonds is 7. The molecule has 9 heteroatoms. The zero-order chi connectivity index (χ0) is 21.9. The molecule has 30 heavy (non-hydrogen) atoms. The lowest BCUT2D eigenvalue weighted by molar-refractivity contribution is 0.0737. The topological polar surface area (TPSA) is 75.1 Å². The molecule has 2 heterocycles. The van der Waals surface area contributed by atoms with E-state index >= 15 is 0 Å². The van der Waals surface area contributed by atoms with Gasteiger partial charge < -0.3 is 19.1 Å². The van der Waals surface area contributed by atoms with Gasteiger partial charge in [0.2, 0.25) is 10.0 Å². The van der Waals surface area contributed by atoms with Crippen molar-refractivity contribution in [2.24, 2.45) is 7.05 Å². The molecule has 8 nitrogen and oxygen atoms in total. The van der Waals surface area contributed by atoms with Gasteiger partial charge in [-0.2, -0.15) is 4.31 Å². The third-order valence-corrected chi connectivity index (χ3v) is 7.54. The first-order valence-electron chi connectivity index (χ1n) is 10.2. The Morgan fingerprint density at radius 2 is 1.77 bits per heavy atom. The van der Waals surface area contributed by atoms with E-state index in [0.717, 1.165) is 11.4 Å². The largest absolute Gasteiger partial charge is 0.497 e. The number of carbonyl (C=O) groups excluding carboxylic acids is 1. The van der Waals surface area contributed by atoms with E-state index in [1.807, 2.05) is 24.3 Å². The molecule has 1 aromatic heterocycles. The van der Waals surface area contributed by atoms with Gasteiger partial charge >= 0.3 is 0 Å². The summed E-state index contributed by atoms with van der Waals surface area (Å²) in [6.07, 6.45) is 1.52. The van der Waals surface area contributed by atoms with Crippen LogP contribution >= 0.6 is 0 Å². The quantitative estimate of drug-likeness (QED) is 0.667. The Kier molecular flexibility index (Phi) is 6.72. The van der Waals surface area contributed by atoms with Crippen molar-refractivity contribution in [3.63, 3.8) is 0 Å². The second-order valence-electron chi connectivity index (χ2n) is 7.24. The van der Waals surface area contributed by atoms with Crippen molar-refractivity contribution in [3.05, 3.63) is 42.2 Å². The number of anilines is 1. The van der Waals surface area contributed by atoms with Crippen molar-refractivity contribution in [1.29, 1.82) is 0 Å². The van der Waals surface area contributed by atoms with Gasteiger partial charge in [0, 0.05) is 64.3 Å². The van der Waals surface area contributed by atoms with Crippen LogP contribution in [0.25, 0.3) is 0 Å². The van der Waals surface area contributed by atoms with Gasteiger partial charge in [0.05, 0.1) is 7.11 Å². The number of sulfonamides is 1. The summed E-state index contributed by atoms with van der Waals surface area (Å²) in [5.74, 6) is 0.653. The highest BCUT2D eigenvalue weighted by Gasteiger charge is 2.28. The molecule has 2 aromatic rings. The molecule has 0 radical (unpaired) electrons. The van der Waals surface area contributed by atoms with E-state index in [1.165, 1.54) is 16.6 Å². The summed E-state index contributed by atoms with van der Waals surface area (Å²) in [6, 6.07) is 9.36. The number of piperazine rings is 1. The van der Waals surface area contributed by atoms with Crippen molar-refractivity contribution in [2.45, 2.75) is 18.7 Å². The molecule has 0 aliphatic carbocycles. The number of aryl methyl sites for hydroxylation is 1. The van der Waals surface area contributed by atoms with Crippen LogP contribution in [-0.2, 0) is 17.1 Å². The van der Waals surface area contributed by atoms with Gasteiger partial charge in [0.25, 0.3) is 5.91 Å². The molecule has 1 aliphatic heterocycles. The number of nitrogens with zero attached hydrogens (tertiary/aromatic N) is 4. The van der Waals surface area contributed by atoms with Crippen LogP contribution in [0.5, 0.6) is 5.75 Å². The molecule has 0 saturated carbocycles. The molecular weight excluding hydrogens is 404 g/mol. The minimum atomic E-state index is -3.60. The monoisotopic (exact) mass is 434 g/mol. The third kappa shape index (κ3) is 4.32. The maximum Gasteiger partial charge on any atom is 0.270 e. The smallest absolute Gasteiger partial charge is 0.270 e. The molecule has 0 N–H and O–H groups in total. The third-order valence-electron chi connectivity index (χ3n) is 5.53. The predicted octanol–water partition coefficient (Wildman–Crippen LogP) is 2.03. The molecule has 1 saturated heterocycles. The molecule has 0 spiro atoms. The second kappa shape index (κ2) is 9.09. The van der Waals surface area contributed by atoms with E-state index < -0.39 is 10.0 Å². The van der Waals surface area contributed by atoms with Crippen LogP contribution in [0.1, 0.15) is 24.3 Å². The van der Waals surface area contributed by atoms with E-state index in [2.05, 4.69) is 4.90 Å². The number of ether oxygens (including phenoxy) is 1. The Morgan fingerprint density at radius 3 is 2.37 bits per heavy atom. The summed E-state index contributed by atoms with van der Waals surface area (Å²) in [5.41, 5.74) is 1.45. The van der Waals surface area contributed by atoms with Gasteiger partial charge in [-0.3, -0.25) is 4.79 Å². The minimum absolute atomic E-state index is 0.149. The van der Waals surface area contributed by atoms with Gasteiger partial charge in [0.15, 0.2) is 0 Å². The Balaban J connectivity index is 1.72. The van der Waals surface area contributed by atoms with Crippen molar-refractivity contribution >= 4 is 21.6 Å². The molecule has 1 amide bonds. The van der Waals surface area contributed by atoms with Crippen molar-refractivity contribution in [3.8, 4) is 5.75 Å². The number of hydrogen-bond donors (Lipinski definition) is 0. The Bertz CT molecular complexity index is 990. The Morgan fingerprint density at radius 1 is 1.10 bits per heavy atom. The molecule has 0 unspecified atom stereocenters. The lowest BCUT2D eigenvalue weighted by atomic mass is 10.2. The summed E-state index contributed by atoms with van der Waals surface area (Å²) >= 11 is 0. The van der Waals surface area contributed by atoms with Crippen LogP contribution in [0.2, 0.25) is 0 Å². The lowest BCUT2D eigenvalue weighted by Gasteiger charge is -2.36. The molecule has 0 bridgehead atoms. The van der Waals surface area contributed by atoms with Gasteiger partial charge in [-0.15, -0.1) is 0 Å². The predicted molar refractivity (Wildman–Crippen MR) is 117 cm³/mol. The van der Waals surface area contributed by atoms with Gasteiger partial charge in [0.1, 0.15) is 16.3 Å². The fourth-order valence-corrected chi connectivity index (χ4v) is 5.27. The number of carbonyl (C=O) groups is 1. The van der Waals surface area contributed by atoms with Gasteiger partial charge in [-0.05, 0) is 18.2 Å². The molecule has 3 rings (SSSR count). The number of aromatic nitrogens is 1. The summed E-state index contributed by atoms with van der Waals surface area (Å²) in [4.78, 5) is 17.2. The highest BCUT2D eigenvalue weighted by atomic mass is 32.2. The molecule has 1 aromatic carbocycles. The maximum absolute atomic E-state index is 13.1. The number of hydrogen-bond acceptors (Lipinski definition) is 5. The fraction of sp³-hybridized carbons (Fsp3) is 0.476. The Hall–Kier alpha value is -2.52. The second-order valence-corrected chi connectivity index (χ2v) is 9.18. The van der Waals surface area contributed by atoms with Crippen LogP contribution in [0.3, 0.4) is 0 Å². The number of benzene rings is 1. The summed E-state index contributed by atoms with van der Waals surface area (Å²) in [5, 5.41) is 0. The van der Waals surface area contributed by atoms with Gasteiger partial charge in [-0.1, -0.05) is 19.9 Å².